The van der Waals surface area contributed by atoms with E-state index in [0.29, 0.717) is 0 Å². The average molecular weight is 238 g/mol. The number of thioether (sulfide) groups is 1. The summed E-state index contributed by atoms with van der Waals surface area (Å²) < 4.78 is 0. The number of benzene rings is 1. The SMILES string of the molecule is Cc1cc(C)cc(CSC(C)C(N)=NO)c1. The summed E-state index contributed by atoms with van der Waals surface area (Å²) in [6, 6.07) is 6.49. The molecule has 88 valence electrons. The van der Waals surface area contributed by atoms with Gasteiger partial charge in [0, 0.05) is 5.75 Å². The van der Waals surface area contributed by atoms with Crippen LogP contribution in [-0.4, -0.2) is 16.3 Å². The van der Waals surface area contributed by atoms with Gasteiger partial charge in [-0.3, -0.25) is 0 Å². The molecule has 3 nitrogen and oxygen atoms in total. The maximum absolute atomic E-state index is 8.54. The van der Waals surface area contributed by atoms with Crippen LogP contribution >= 0.6 is 11.8 Å². The van der Waals surface area contributed by atoms with E-state index in [9.17, 15) is 0 Å². The third-order valence-electron chi connectivity index (χ3n) is 2.31. The highest BCUT2D eigenvalue weighted by atomic mass is 32.2. The molecule has 1 unspecified atom stereocenters. The molecule has 3 N–H and O–H groups in total. The fourth-order valence-electron chi connectivity index (χ4n) is 1.54. The predicted molar refractivity (Wildman–Crippen MR) is 70.1 cm³/mol. The average Bonchev–Trinajstić information content (AvgIpc) is 2.23. The Morgan fingerprint density at radius 2 is 1.94 bits per heavy atom. The van der Waals surface area contributed by atoms with Crippen molar-refractivity contribution in [3.8, 4) is 0 Å². The van der Waals surface area contributed by atoms with Crippen molar-refractivity contribution >= 4 is 17.6 Å². The van der Waals surface area contributed by atoms with Gasteiger partial charge < -0.3 is 10.9 Å². The van der Waals surface area contributed by atoms with Crippen molar-refractivity contribution in [1.29, 1.82) is 0 Å². The van der Waals surface area contributed by atoms with Gasteiger partial charge in [-0.15, -0.1) is 11.8 Å². The lowest BCUT2D eigenvalue weighted by atomic mass is 10.1. The summed E-state index contributed by atoms with van der Waals surface area (Å²) in [7, 11) is 0. The van der Waals surface area contributed by atoms with Crippen LogP contribution in [0.2, 0.25) is 0 Å². The number of nitrogens with two attached hydrogens (primary N) is 1. The molecule has 0 radical (unpaired) electrons. The highest BCUT2D eigenvalue weighted by molar-refractivity contribution is 7.99. The summed E-state index contributed by atoms with van der Waals surface area (Å²) in [5.41, 5.74) is 9.34. The minimum Gasteiger partial charge on any atom is -0.409 e. The zero-order valence-corrected chi connectivity index (χ0v) is 10.7. The number of amidine groups is 1. The number of rotatable bonds is 4. The first kappa shape index (κ1) is 12.9. The van der Waals surface area contributed by atoms with E-state index in [4.69, 9.17) is 10.9 Å². The summed E-state index contributed by atoms with van der Waals surface area (Å²) in [6.07, 6.45) is 0. The van der Waals surface area contributed by atoms with Gasteiger partial charge >= 0.3 is 0 Å². The Morgan fingerprint density at radius 3 is 2.44 bits per heavy atom. The first-order valence-electron chi connectivity index (χ1n) is 5.19. The van der Waals surface area contributed by atoms with Gasteiger partial charge in [0.2, 0.25) is 0 Å². The Labute approximate surface area is 101 Å². The first-order valence-corrected chi connectivity index (χ1v) is 6.24. The van der Waals surface area contributed by atoms with Gasteiger partial charge in [0.15, 0.2) is 5.84 Å². The first-order chi connectivity index (χ1) is 7.52. The Morgan fingerprint density at radius 1 is 1.38 bits per heavy atom. The fourth-order valence-corrected chi connectivity index (χ4v) is 2.37. The molecule has 0 spiro atoms. The van der Waals surface area contributed by atoms with Crippen LogP contribution in [0.4, 0.5) is 0 Å². The summed E-state index contributed by atoms with van der Waals surface area (Å²) >= 11 is 1.66. The maximum Gasteiger partial charge on any atom is 0.152 e. The smallest absolute Gasteiger partial charge is 0.152 e. The van der Waals surface area contributed by atoms with Crippen LogP contribution in [0.15, 0.2) is 23.4 Å². The zero-order valence-electron chi connectivity index (χ0n) is 9.90. The summed E-state index contributed by atoms with van der Waals surface area (Å²) in [6.45, 7) is 6.12. The van der Waals surface area contributed by atoms with Crippen LogP contribution in [0.1, 0.15) is 23.6 Å². The number of hydrogen-bond donors (Lipinski definition) is 2. The molecule has 0 aliphatic carbocycles. The molecule has 1 rings (SSSR count). The van der Waals surface area contributed by atoms with E-state index >= 15 is 0 Å². The molecule has 0 saturated carbocycles. The van der Waals surface area contributed by atoms with Crippen LogP contribution in [0.25, 0.3) is 0 Å². The third-order valence-corrected chi connectivity index (χ3v) is 3.55. The molecule has 16 heavy (non-hydrogen) atoms. The van der Waals surface area contributed by atoms with Crippen LogP contribution in [0, 0.1) is 13.8 Å². The second-order valence-electron chi connectivity index (χ2n) is 3.97. The molecule has 1 aromatic rings. The lowest BCUT2D eigenvalue weighted by Gasteiger charge is -2.10. The largest absolute Gasteiger partial charge is 0.409 e. The monoisotopic (exact) mass is 238 g/mol. The zero-order chi connectivity index (χ0) is 12.1. The van der Waals surface area contributed by atoms with Gasteiger partial charge in [-0.25, -0.2) is 0 Å². The Bertz CT molecular complexity index is 370. The highest BCUT2D eigenvalue weighted by Crippen LogP contribution is 2.19. The van der Waals surface area contributed by atoms with Crippen molar-refractivity contribution < 1.29 is 5.21 Å². The predicted octanol–water partition coefficient (Wildman–Crippen LogP) is 2.67. The molecule has 0 amide bonds. The van der Waals surface area contributed by atoms with E-state index in [0.717, 1.165) is 5.75 Å². The molecule has 0 bridgehead atoms. The second kappa shape index (κ2) is 5.80. The van der Waals surface area contributed by atoms with Crippen LogP contribution < -0.4 is 5.73 Å². The molecule has 0 aliphatic rings. The number of oxime groups is 1. The van der Waals surface area contributed by atoms with E-state index in [-0.39, 0.29) is 11.1 Å². The van der Waals surface area contributed by atoms with Crippen molar-refractivity contribution in [2.24, 2.45) is 10.9 Å². The molecule has 1 aromatic carbocycles. The maximum atomic E-state index is 8.54. The minimum absolute atomic E-state index is 0.0332. The summed E-state index contributed by atoms with van der Waals surface area (Å²) in [4.78, 5) is 0. The lowest BCUT2D eigenvalue weighted by molar-refractivity contribution is 0.317. The van der Waals surface area contributed by atoms with Gasteiger partial charge in [0.05, 0.1) is 5.25 Å². The van der Waals surface area contributed by atoms with Gasteiger partial charge in [0.1, 0.15) is 0 Å². The van der Waals surface area contributed by atoms with Crippen molar-refractivity contribution in [3.05, 3.63) is 34.9 Å². The standard InChI is InChI=1S/C12H18N2OS/c1-8-4-9(2)6-11(5-8)7-16-10(3)12(13)14-15/h4-6,10,15H,7H2,1-3H3,(H2,13,14). The van der Waals surface area contributed by atoms with E-state index in [1.807, 2.05) is 6.92 Å². The van der Waals surface area contributed by atoms with Crippen molar-refractivity contribution in [2.45, 2.75) is 31.8 Å². The summed E-state index contributed by atoms with van der Waals surface area (Å²) in [5, 5.41) is 11.6. The number of nitrogens with zero attached hydrogens (tertiary/aromatic N) is 1. The Hall–Kier alpha value is -1.16. The van der Waals surface area contributed by atoms with E-state index in [1.54, 1.807) is 11.8 Å². The van der Waals surface area contributed by atoms with E-state index in [1.165, 1.54) is 16.7 Å². The van der Waals surface area contributed by atoms with Crippen LogP contribution in [-0.2, 0) is 5.75 Å². The van der Waals surface area contributed by atoms with Crippen molar-refractivity contribution in [2.75, 3.05) is 0 Å². The normalized spacial score (nSPS) is 13.8. The van der Waals surface area contributed by atoms with Gasteiger partial charge in [-0.2, -0.15) is 0 Å². The number of aryl methyl sites for hydroxylation is 2. The summed E-state index contributed by atoms with van der Waals surface area (Å²) in [5.74, 6) is 1.15. The molecule has 0 saturated heterocycles. The Balaban J connectivity index is 2.61. The van der Waals surface area contributed by atoms with E-state index < -0.39 is 0 Å². The minimum atomic E-state index is 0.0332. The molecule has 0 fully saturated rings. The third kappa shape index (κ3) is 3.77. The topological polar surface area (TPSA) is 58.6 Å². The molecule has 4 heteroatoms. The molecule has 0 aromatic heterocycles. The van der Waals surface area contributed by atoms with E-state index in [2.05, 4.69) is 37.2 Å². The van der Waals surface area contributed by atoms with Gasteiger partial charge in [-0.05, 0) is 26.3 Å². The molecule has 0 aliphatic heterocycles. The molecular formula is C12H18N2OS. The highest BCUT2D eigenvalue weighted by Gasteiger charge is 2.08. The lowest BCUT2D eigenvalue weighted by Crippen LogP contribution is -2.23. The molecule has 0 heterocycles. The van der Waals surface area contributed by atoms with Gasteiger partial charge in [0.25, 0.3) is 0 Å². The molecule has 1 atom stereocenters. The van der Waals surface area contributed by atoms with Crippen LogP contribution in [0.3, 0.4) is 0 Å². The van der Waals surface area contributed by atoms with Crippen molar-refractivity contribution in [3.63, 3.8) is 0 Å². The Kier molecular flexibility index (Phi) is 4.68. The molecular weight excluding hydrogens is 220 g/mol. The quantitative estimate of drug-likeness (QED) is 0.367. The van der Waals surface area contributed by atoms with Crippen molar-refractivity contribution in [1.82, 2.24) is 0 Å². The fraction of sp³-hybridized carbons (Fsp3) is 0.417. The van der Waals surface area contributed by atoms with Gasteiger partial charge in [-0.1, -0.05) is 34.5 Å². The second-order valence-corrected chi connectivity index (χ2v) is 5.30. The van der Waals surface area contributed by atoms with Crippen LogP contribution in [0.5, 0.6) is 0 Å². The number of hydrogen-bond acceptors (Lipinski definition) is 3.